The van der Waals surface area contributed by atoms with Gasteiger partial charge in [0.1, 0.15) is 11.3 Å². The molecular formula is C30H31ClN2O2. The minimum Gasteiger partial charge on any atom is -0.508 e. The normalized spacial score (nSPS) is 15.0. The molecule has 4 nitrogen and oxygen atoms in total. The van der Waals surface area contributed by atoms with Gasteiger partial charge in [-0.25, -0.2) is 0 Å². The van der Waals surface area contributed by atoms with Crippen LogP contribution in [0.25, 0.3) is 22.1 Å². The molecule has 2 aromatic heterocycles. The molecule has 1 aliphatic heterocycles. The molecule has 180 valence electrons. The molecule has 0 atom stereocenters. The Morgan fingerprint density at radius 2 is 1.71 bits per heavy atom. The number of fused-ring (bicyclic) bond motifs is 1. The maximum atomic E-state index is 9.89. The first-order chi connectivity index (χ1) is 17.1. The second-order valence-electron chi connectivity index (χ2n) is 9.25. The van der Waals surface area contributed by atoms with E-state index >= 15 is 0 Å². The van der Waals surface area contributed by atoms with Crippen molar-refractivity contribution in [2.24, 2.45) is 0 Å². The topological polar surface area (TPSA) is 49.5 Å². The van der Waals surface area contributed by atoms with Gasteiger partial charge in [-0.15, -0.1) is 0 Å². The number of hydrogen-bond donors (Lipinski definition) is 1. The van der Waals surface area contributed by atoms with Crippen LogP contribution in [0.15, 0.2) is 71.3 Å². The third-order valence-electron chi connectivity index (χ3n) is 6.87. The van der Waals surface area contributed by atoms with E-state index in [0.29, 0.717) is 5.22 Å². The van der Waals surface area contributed by atoms with Crippen LogP contribution < -0.4 is 0 Å². The highest BCUT2D eigenvalue weighted by atomic mass is 35.5. The van der Waals surface area contributed by atoms with Crippen molar-refractivity contribution in [1.29, 1.82) is 0 Å². The predicted molar refractivity (Wildman–Crippen MR) is 144 cm³/mol. The zero-order valence-electron chi connectivity index (χ0n) is 20.1. The van der Waals surface area contributed by atoms with Crippen LogP contribution in [0.2, 0.25) is 5.22 Å². The van der Waals surface area contributed by atoms with Crippen LogP contribution >= 0.6 is 11.6 Å². The molecule has 0 spiro atoms. The highest BCUT2D eigenvalue weighted by Crippen LogP contribution is 2.36. The van der Waals surface area contributed by atoms with Crippen LogP contribution in [0.4, 0.5) is 0 Å². The molecule has 0 saturated carbocycles. The molecule has 1 fully saturated rings. The third kappa shape index (κ3) is 5.44. The van der Waals surface area contributed by atoms with Crippen LogP contribution in [0.1, 0.15) is 55.0 Å². The number of halogens is 1. The quantitative estimate of drug-likeness (QED) is 0.261. The Hall–Kier alpha value is -3.08. The minimum atomic E-state index is 0.257. The highest BCUT2D eigenvalue weighted by molar-refractivity contribution is 6.29. The molecule has 1 N–H and O–H groups in total. The lowest BCUT2D eigenvalue weighted by Crippen LogP contribution is -2.20. The molecule has 2 aromatic carbocycles. The molecule has 0 radical (unpaired) electrons. The molecule has 0 unspecified atom stereocenters. The Kier molecular flexibility index (Phi) is 7.21. The lowest BCUT2D eigenvalue weighted by Gasteiger charge is -2.17. The molecule has 1 saturated heterocycles. The molecule has 35 heavy (non-hydrogen) atoms. The van der Waals surface area contributed by atoms with E-state index in [9.17, 15) is 5.11 Å². The van der Waals surface area contributed by atoms with Gasteiger partial charge in [-0.3, -0.25) is 4.98 Å². The number of aromatic hydroxyl groups is 1. The number of rotatable bonds is 8. The van der Waals surface area contributed by atoms with Crippen molar-refractivity contribution in [3.05, 3.63) is 94.5 Å². The summed E-state index contributed by atoms with van der Waals surface area (Å²) in [6.07, 6.45) is 7.63. The number of pyridine rings is 1. The van der Waals surface area contributed by atoms with E-state index in [2.05, 4.69) is 36.1 Å². The standard InChI is InChI=1S/C30H31ClN2O2/c1-2-27(22-10-14-28-24(18-22)19-29(31)35-28)30(21-8-12-26(34)13-9-21)23-7-11-25(32-20-23)6-5-17-33-15-3-4-16-33/h7-14,18-20,34H,2-6,15-17H2,1H3. The van der Waals surface area contributed by atoms with E-state index in [1.165, 1.54) is 31.5 Å². The van der Waals surface area contributed by atoms with Gasteiger partial charge in [0, 0.05) is 28.9 Å². The number of likely N-dealkylation sites (tertiary alicyclic amines) is 1. The SMILES string of the molecule is CCC(=C(c1ccc(O)cc1)c1ccc(CCCN2CCCC2)nc1)c1ccc2oc(Cl)cc2c1. The number of hydrogen-bond acceptors (Lipinski definition) is 4. The van der Waals surface area contributed by atoms with Crippen LogP contribution in [0, 0.1) is 0 Å². The Bertz CT molecular complexity index is 1320. The van der Waals surface area contributed by atoms with Gasteiger partial charge in [0.05, 0.1) is 0 Å². The average Bonchev–Trinajstić information content (AvgIpc) is 3.52. The number of furan rings is 1. The van der Waals surface area contributed by atoms with Gasteiger partial charge < -0.3 is 14.4 Å². The molecule has 1 aliphatic rings. The maximum Gasteiger partial charge on any atom is 0.194 e. The number of aryl methyl sites for hydroxylation is 1. The van der Waals surface area contributed by atoms with Crippen LogP contribution in [-0.2, 0) is 6.42 Å². The van der Waals surface area contributed by atoms with Gasteiger partial charge in [0.25, 0.3) is 0 Å². The summed E-state index contributed by atoms with van der Waals surface area (Å²) < 4.78 is 5.57. The number of phenols is 1. The van der Waals surface area contributed by atoms with Crippen molar-refractivity contribution in [3.8, 4) is 5.75 Å². The summed E-state index contributed by atoms with van der Waals surface area (Å²) >= 11 is 6.09. The molecule has 3 heterocycles. The van der Waals surface area contributed by atoms with Gasteiger partial charge in [-0.05, 0) is 116 Å². The van der Waals surface area contributed by atoms with Crippen molar-refractivity contribution in [1.82, 2.24) is 9.88 Å². The summed E-state index contributed by atoms with van der Waals surface area (Å²) in [7, 11) is 0. The summed E-state index contributed by atoms with van der Waals surface area (Å²) in [6.45, 7) is 5.80. The van der Waals surface area contributed by atoms with Gasteiger partial charge in [-0.2, -0.15) is 0 Å². The monoisotopic (exact) mass is 486 g/mol. The van der Waals surface area contributed by atoms with Gasteiger partial charge in [-0.1, -0.05) is 31.2 Å². The van der Waals surface area contributed by atoms with Gasteiger partial charge in [0.15, 0.2) is 5.22 Å². The molecule has 0 aliphatic carbocycles. The first-order valence-electron chi connectivity index (χ1n) is 12.5. The van der Waals surface area contributed by atoms with Crippen molar-refractivity contribution in [3.63, 3.8) is 0 Å². The summed E-state index contributed by atoms with van der Waals surface area (Å²) in [4.78, 5) is 7.39. The number of phenolic OH excluding ortho intramolecular Hbond substituents is 1. The molecule has 5 heteroatoms. The summed E-state index contributed by atoms with van der Waals surface area (Å²) in [5, 5.41) is 11.3. The van der Waals surface area contributed by atoms with E-state index in [4.69, 9.17) is 21.0 Å². The molecule has 0 amide bonds. The van der Waals surface area contributed by atoms with Crippen LogP contribution in [-0.4, -0.2) is 34.6 Å². The number of benzene rings is 2. The van der Waals surface area contributed by atoms with Gasteiger partial charge >= 0.3 is 0 Å². The third-order valence-corrected chi connectivity index (χ3v) is 7.05. The van der Waals surface area contributed by atoms with Crippen LogP contribution in [0.5, 0.6) is 5.75 Å². The smallest absolute Gasteiger partial charge is 0.194 e. The largest absolute Gasteiger partial charge is 0.508 e. The van der Waals surface area contributed by atoms with Crippen molar-refractivity contribution < 1.29 is 9.52 Å². The lowest BCUT2D eigenvalue weighted by atomic mass is 9.88. The van der Waals surface area contributed by atoms with Crippen molar-refractivity contribution >= 4 is 33.7 Å². The van der Waals surface area contributed by atoms with E-state index in [-0.39, 0.29) is 5.75 Å². The number of allylic oxidation sites excluding steroid dienone is 1. The average molecular weight is 487 g/mol. The van der Waals surface area contributed by atoms with E-state index in [0.717, 1.165) is 64.7 Å². The molecule has 4 aromatic rings. The Morgan fingerprint density at radius 3 is 2.43 bits per heavy atom. The fourth-order valence-corrected chi connectivity index (χ4v) is 5.28. The Morgan fingerprint density at radius 1 is 0.971 bits per heavy atom. The predicted octanol–water partition coefficient (Wildman–Crippen LogP) is 7.58. The van der Waals surface area contributed by atoms with Gasteiger partial charge in [0.2, 0.25) is 0 Å². The number of aromatic nitrogens is 1. The van der Waals surface area contributed by atoms with E-state index < -0.39 is 0 Å². The van der Waals surface area contributed by atoms with Crippen LogP contribution in [0.3, 0.4) is 0 Å². The lowest BCUT2D eigenvalue weighted by molar-refractivity contribution is 0.333. The maximum absolute atomic E-state index is 9.89. The number of nitrogens with zero attached hydrogens (tertiary/aromatic N) is 2. The fraction of sp³-hybridized carbons (Fsp3) is 0.300. The molecular weight excluding hydrogens is 456 g/mol. The van der Waals surface area contributed by atoms with E-state index in [1.54, 1.807) is 12.1 Å². The second kappa shape index (κ2) is 10.7. The summed E-state index contributed by atoms with van der Waals surface area (Å²) in [6, 6.07) is 19.8. The Balaban J connectivity index is 1.49. The second-order valence-corrected chi connectivity index (χ2v) is 9.62. The van der Waals surface area contributed by atoms with E-state index in [1.807, 2.05) is 30.5 Å². The first-order valence-corrected chi connectivity index (χ1v) is 12.9. The summed E-state index contributed by atoms with van der Waals surface area (Å²) in [5.41, 5.74) is 7.48. The minimum absolute atomic E-state index is 0.257. The Labute approximate surface area is 211 Å². The van der Waals surface area contributed by atoms with Crippen molar-refractivity contribution in [2.45, 2.75) is 39.0 Å². The fourth-order valence-electron chi connectivity index (χ4n) is 5.08. The highest BCUT2D eigenvalue weighted by Gasteiger charge is 2.16. The van der Waals surface area contributed by atoms with Crippen molar-refractivity contribution in [2.75, 3.05) is 19.6 Å². The molecule has 5 rings (SSSR count). The summed E-state index contributed by atoms with van der Waals surface area (Å²) in [5.74, 6) is 0.257. The first kappa shape index (κ1) is 23.7. The zero-order valence-corrected chi connectivity index (χ0v) is 20.9. The molecule has 0 bridgehead atoms. The zero-order chi connectivity index (χ0) is 24.2.